The van der Waals surface area contributed by atoms with Crippen LogP contribution >= 0.6 is 0 Å². The molecule has 34 heavy (non-hydrogen) atoms. The van der Waals surface area contributed by atoms with Crippen LogP contribution in [0.2, 0.25) is 0 Å². The number of aromatic nitrogens is 2. The van der Waals surface area contributed by atoms with E-state index in [0.29, 0.717) is 33.5 Å². The largest absolute Gasteiger partial charge is 0.490 e. The molecule has 11 heteroatoms. The fourth-order valence-corrected chi connectivity index (χ4v) is 4.26. The van der Waals surface area contributed by atoms with Gasteiger partial charge < -0.3 is 4.98 Å². The van der Waals surface area contributed by atoms with Crippen molar-refractivity contribution in [2.75, 3.05) is 11.0 Å². The normalized spacial score (nSPS) is 12.7. The Balaban J connectivity index is 1.62. The number of hydrogen-bond donors (Lipinski definition) is 2. The molecule has 1 heterocycles. The zero-order valence-electron chi connectivity index (χ0n) is 17.5. The number of H-pyrrole nitrogens is 1. The van der Waals surface area contributed by atoms with Gasteiger partial charge >= 0.3 is 5.51 Å². The van der Waals surface area contributed by atoms with Gasteiger partial charge in [0.25, 0.3) is 0 Å². The molecule has 0 saturated heterocycles. The molecule has 2 N–H and O–H groups in total. The number of benzene rings is 3. The molecule has 1 unspecified atom stereocenters. The number of nitrogens with one attached hydrogen (secondary N) is 2. The minimum absolute atomic E-state index is 0.0783. The summed E-state index contributed by atoms with van der Waals surface area (Å²) in [7, 11) is -6.54. The number of halogens is 3. The Morgan fingerprint density at radius 1 is 1.00 bits per heavy atom. The molecule has 174 valence electrons. The van der Waals surface area contributed by atoms with Gasteiger partial charge in [-0.3, -0.25) is 4.72 Å². The Morgan fingerprint density at radius 3 is 2.38 bits per heavy atom. The number of sulfone groups is 1. The molecule has 0 bridgehead atoms. The highest BCUT2D eigenvalue weighted by Crippen LogP contribution is 2.32. The van der Waals surface area contributed by atoms with E-state index in [4.69, 9.17) is 0 Å². The SMILES string of the molecule is CS(=O)(=O)c1ccc(C#Cc2nc3ccc(-c4ccccc4NS(=O)C(F)(F)F)cc3[nH]2)cc1. The predicted octanol–water partition coefficient (Wildman–Crippen LogP) is 4.63. The van der Waals surface area contributed by atoms with Gasteiger partial charge in [-0.25, -0.2) is 17.6 Å². The maximum atomic E-state index is 12.7. The lowest BCUT2D eigenvalue weighted by molar-refractivity contribution is -0.0379. The third kappa shape index (κ3) is 5.30. The predicted molar refractivity (Wildman–Crippen MR) is 125 cm³/mol. The van der Waals surface area contributed by atoms with E-state index in [1.54, 1.807) is 48.5 Å². The van der Waals surface area contributed by atoms with E-state index in [1.165, 1.54) is 18.2 Å². The summed E-state index contributed by atoms with van der Waals surface area (Å²) in [5, 5.41) is 0. The molecule has 0 aliphatic heterocycles. The lowest BCUT2D eigenvalue weighted by Gasteiger charge is -2.13. The lowest BCUT2D eigenvalue weighted by atomic mass is 10.0. The monoisotopic (exact) mass is 503 g/mol. The molecule has 0 spiro atoms. The van der Waals surface area contributed by atoms with Crippen LogP contribution in [0.5, 0.6) is 0 Å². The Kier molecular flexibility index (Phi) is 6.20. The van der Waals surface area contributed by atoms with Crippen molar-refractivity contribution >= 4 is 37.5 Å². The van der Waals surface area contributed by atoms with Gasteiger partial charge in [0.2, 0.25) is 11.0 Å². The van der Waals surface area contributed by atoms with Gasteiger partial charge in [-0.2, -0.15) is 13.2 Å². The summed E-state index contributed by atoms with van der Waals surface area (Å²) in [4.78, 5) is 7.64. The van der Waals surface area contributed by atoms with Gasteiger partial charge in [0, 0.05) is 17.4 Å². The minimum atomic E-state index is -4.89. The van der Waals surface area contributed by atoms with E-state index in [-0.39, 0.29) is 10.6 Å². The lowest BCUT2D eigenvalue weighted by Crippen LogP contribution is -2.23. The number of aromatic amines is 1. The second-order valence-electron chi connectivity index (χ2n) is 7.23. The van der Waals surface area contributed by atoms with Gasteiger partial charge in [-0.05, 0) is 53.9 Å². The van der Waals surface area contributed by atoms with Gasteiger partial charge in [-0.15, -0.1) is 0 Å². The number of rotatable bonds is 4. The first kappa shape index (κ1) is 23.5. The topological polar surface area (TPSA) is 91.9 Å². The van der Waals surface area contributed by atoms with Gasteiger partial charge in [0.05, 0.1) is 21.6 Å². The van der Waals surface area contributed by atoms with Gasteiger partial charge in [0.15, 0.2) is 15.7 Å². The molecule has 1 atom stereocenters. The van der Waals surface area contributed by atoms with Crippen molar-refractivity contribution in [2.24, 2.45) is 0 Å². The van der Waals surface area contributed by atoms with Crippen molar-refractivity contribution < 1.29 is 25.8 Å². The first-order valence-electron chi connectivity index (χ1n) is 9.67. The fraction of sp³-hybridized carbons (Fsp3) is 0.0870. The Morgan fingerprint density at radius 2 is 1.71 bits per heavy atom. The average molecular weight is 504 g/mol. The second-order valence-corrected chi connectivity index (χ2v) is 10.4. The van der Waals surface area contributed by atoms with Crippen LogP contribution in [0.4, 0.5) is 18.9 Å². The average Bonchev–Trinajstić information content (AvgIpc) is 3.19. The molecular formula is C23H16F3N3O3S2. The van der Waals surface area contributed by atoms with Crippen LogP contribution in [0.3, 0.4) is 0 Å². The second kappa shape index (κ2) is 8.96. The molecule has 4 rings (SSSR count). The number of fused-ring (bicyclic) bond motifs is 1. The highest BCUT2D eigenvalue weighted by Gasteiger charge is 2.37. The molecule has 0 fully saturated rings. The van der Waals surface area contributed by atoms with Crippen LogP contribution in [-0.2, 0) is 20.8 Å². The Labute approximate surface area is 195 Å². The van der Waals surface area contributed by atoms with Crippen molar-refractivity contribution in [3.8, 4) is 23.0 Å². The summed E-state index contributed by atoms with van der Waals surface area (Å²) >= 11 is 0. The van der Waals surface area contributed by atoms with E-state index in [9.17, 15) is 25.8 Å². The highest BCUT2D eigenvalue weighted by atomic mass is 32.2. The third-order valence-corrected chi connectivity index (χ3v) is 6.69. The number of alkyl halides is 3. The van der Waals surface area contributed by atoms with E-state index < -0.39 is 26.3 Å². The number of imidazole rings is 1. The van der Waals surface area contributed by atoms with E-state index in [2.05, 4.69) is 21.8 Å². The van der Waals surface area contributed by atoms with E-state index >= 15 is 0 Å². The van der Waals surface area contributed by atoms with Crippen LogP contribution < -0.4 is 4.72 Å². The van der Waals surface area contributed by atoms with Crippen molar-refractivity contribution in [3.05, 3.63) is 78.1 Å². The molecule has 0 radical (unpaired) electrons. The van der Waals surface area contributed by atoms with Crippen LogP contribution in [0.25, 0.3) is 22.2 Å². The Hall–Kier alpha value is -3.62. The quantitative estimate of drug-likeness (QED) is 0.398. The maximum absolute atomic E-state index is 12.7. The molecule has 0 aliphatic carbocycles. The van der Waals surface area contributed by atoms with Crippen molar-refractivity contribution in [3.63, 3.8) is 0 Å². The summed E-state index contributed by atoms with van der Waals surface area (Å²) in [5.41, 5.74) is -1.96. The fourth-order valence-electron chi connectivity index (χ4n) is 3.13. The maximum Gasteiger partial charge on any atom is 0.490 e. The summed E-state index contributed by atoms with van der Waals surface area (Å²) in [6, 6.07) is 17.5. The molecule has 6 nitrogen and oxygen atoms in total. The number of hydrogen-bond acceptors (Lipinski definition) is 4. The van der Waals surface area contributed by atoms with Crippen LogP contribution in [-0.4, -0.2) is 34.4 Å². The van der Waals surface area contributed by atoms with Crippen molar-refractivity contribution in [1.29, 1.82) is 0 Å². The van der Waals surface area contributed by atoms with Crippen LogP contribution in [0, 0.1) is 11.8 Å². The molecule has 1 aromatic heterocycles. The zero-order valence-corrected chi connectivity index (χ0v) is 19.1. The van der Waals surface area contributed by atoms with Crippen LogP contribution in [0.15, 0.2) is 71.6 Å². The summed E-state index contributed by atoms with van der Waals surface area (Å²) < 4.78 is 74.8. The van der Waals surface area contributed by atoms with Gasteiger partial charge in [-0.1, -0.05) is 30.2 Å². The third-order valence-electron chi connectivity index (χ3n) is 4.74. The van der Waals surface area contributed by atoms with Crippen molar-refractivity contribution in [2.45, 2.75) is 10.4 Å². The molecule has 0 saturated carbocycles. The number of nitrogens with zero attached hydrogens (tertiary/aromatic N) is 1. The van der Waals surface area contributed by atoms with E-state index in [0.717, 1.165) is 6.26 Å². The number of anilines is 1. The highest BCUT2D eigenvalue weighted by molar-refractivity contribution is 7.90. The molecular weight excluding hydrogens is 487 g/mol. The summed E-state index contributed by atoms with van der Waals surface area (Å²) in [6.45, 7) is 0. The minimum Gasteiger partial charge on any atom is -0.331 e. The van der Waals surface area contributed by atoms with Crippen LogP contribution in [0.1, 0.15) is 11.4 Å². The summed E-state index contributed by atoms with van der Waals surface area (Å²) in [5.74, 6) is 6.15. The molecule has 0 amide bonds. The summed E-state index contributed by atoms with van der Waals surface area (Å²) in [6.07, 6.45) is 1.13. The number of para-hydroxylation sites is 1. The first-order chi connectivity index (χ1) is 16.0. The smallest absolute Gasteiger partial charge is 0.331 e. The van der Waals surface area contributed by atoms with Crippen molar-refractivity contribution in [1.82, 2.24) is 9.97 Å². The first-order valence-corrected chi connectivity index (χ1v) is 12.7. The molecule has 0 aliphatic rings. The van der Waals surface area contributed by atoms with E-state index in [1.807, 2.05) is 4.72 Å². The molecule has 3 aromatic carbocycles. The molecule has 4 aromatic rings. The zero-order chi connectivity index (χ0) is 24.5. The van der Waals surface area contributed by atoms with Gasteiger partial charge in [0.1, 0.15) is 0 Å². The standard InChI is InChI=1S/C23H16F3N3O3S2/c1-34(31,32)17-10-6-15(7-11-17)8-13-22-27-20-12-9-16(14-21(20)28-22)18-4-2-3-5-19(18)29-33(30)23(24,25)26/h2-7,9-12,14,29H,1H3,(H,27,28). The Bertz CT molecular complexity index is 1570.